The van der Waals surface area contributed by atoms with Gasteiger partial charge in [-0.25, -0.2) is 0 Å². The number of rotatable bonds is 2. The van der Waals surface area contributed by atoms with Crippen molar-refractivity contribution in [1.82, 2.24) is 0 Å². The number of hydrogen-bond donors (Lipinski definition) is 0. The SMILES string of the molecule is ClCOc1c(I)cc(I)cc1I. The van der Waals surface area contributed by atoms with E-state index in [-0.39, 0.29) is 6.07 Å². The number of benzene rings is 1. The molecule has 0 atom stereocenters. The Kier molecular flexibility index (Phi) is 5.21. The molecule has 0 amide bonds. The van der Waals surface area contributed by atoms with Gasteiger partial charge in [0.2, 0.25) is 0 Å². The highest BCUT2D eigenvalue weighted by molar-refractivity contribution is 14.1. The Morgan fingerprint density at radius 2 is 1.67 bits per heavy atom. The van der Waals surface area contributed by atoms with E-state index >= 15 is 0 Å². The molecule has 0 radical (unpaired) electrons. The van der Waals surface area contributed by atoms with Crippen molar-refractivity contribution in [2.75, 3.05) is 6.07 Å². The Bertz CT molecular complexity index is 267. The summed E-state index contributed by atoms with van der Waals surface area (Å²) < 4.78 is 8.68. The van der Waals surface area contributed by atoms with Gasteiger partial charge in [0.25, 0.3) is 0 Å². The summed E-state index contributed by atoms with van der Waals surface area (Å²) in [5.74, 6) is 0.881. The van der Waals surface area contributed by atoms with E-state index in [9.17, 15) is 0 Å². The van der Waals surface area contributed by atoms with Gasteiger partial charge in [-0.15, -0.1) is 0 Å². The first-order valence-electron chi connectivity index (χ1n) is 2.98. The molecule has 0 aliphatic heterocycles. The van der Waals surface area contributed by atoms with E-state index in [1.807, 2.05) is 0 Å². The summed E-state index contributed by atoms with van der Waals surface area (Å²) in [6.45, 7) is 0. The van der Waals surface area contributed by atoms with Crippen LogP contribution >= 0.6 is 79.4 Å². The molecule has 0 saturated heterocycles. The van der Waals surface area contributed by atoms with Gasteiger partial charge < -0.3 is 4.74 Å². The van der Waals surface area contributed by atoms with E-state index in [2.05, 4.69) is 79.9 Å². The molecule has 1 nitrogen and oxygen atoms in total. The van der Waals surface area contributed by atoms with Crippen molar-refractivity contribution < 1.29 is 4.74 Å². The maximum Gasteiger partial charge on any atom is 0.162 e. The number of hydrogen-bond acceptors (Lipinski definition) is 1. The summed E-state index contributed by atoms with van der Waals surface area (Å²) in [6, 6.07) is 4.32. The third-order valence-corrected chi connectivity index (χ3v) is 3.50. The lowest BCUT2D eigenvalue weighted by atomic mass is 10.3. The predicted octanol–water partition coefficient (Wildman–Crippen LogP) is 4.08. The zero-order chi connectivity index (χ0) is 9.14. The highest BCUT2D eigenvalue weighted by Crippen LogP contribution is 2.29. The molecule has 0 aromatic heterocycles. The zero-order valence-electron chi connectivity index (χ0n) is 5.78. The lowest BCUT2D eigenvalue weighted by Crippen LogP contribution is -1.95. The molecule has 66 valence electrons. The molecule has 1 aromatic carbocycles. The van der Waals surface area contributed by atoms with Crippen molar-refractivity contribution in [2.24, 2.45) is 0 Å². The zero-order valence-corrected chi connectivity index (χ0v) is 13.0. The number of halogens is 4. The molecule has 0 saturated carbocycles. The first-order valence-corrected chi connectivity index (χ1v) is 6.75. The predicted molar refractivity (Wildman–Crippen MR) is 75.9 cm³/mol. The molecule has 0 heterocycles. The summed E-state index contributed by atoms with van der Waals surface area (Å²) in [6.07, 6.45) is 0. The van der Waals surface area contributed by atoms with Crippen LogP contribution < -0.4 is 4.74 Å². The Hall–Kier alpha value is 1.50. The lowest BCUT2D eigenvalue weighted by Gasteiger charge is -2.07. The molecule has 0 aliphatic carbocycles. The molecule has 0 unspecified atom stereocenters. The van der Waals surface area contributed by atoms with Crippen LogP contribution in [0.1, 0.15) is 0 Å². The van der Waals surface area contributed by atoms with Crippen LogP contribution in [-0.4, -0.2) is 6.07 Å². The molecule has 5 heteroatoms. The van der Waals surface area contributed by atoms with Crippen molar-refractivity contribution >= 4 is 79.4 Å². The van der Waals surface area contributed by atoms with Gasteiger partial charge in [0.1, 0.15) is 5.75 Å². The second-order valence-corrected chi connectivity index (χ2v) is 5.74. The van der Waals surface area contributed by atoms with E-state index < -0.39 is 0 Å². The van der Waals surface area contributed by atoms with E-state index in [0.717, 1.165) is 12.9 Å². The fraction of sp³-hybridized carbons (Fsp3) is 0.143. The monoisotopic (exact) mass is 520 g/mol. The molecule has 1 aromatic rings. The second-order valence-electron chi connectivity index (χ2n) is 1.95. The summed E-state index contributed by atoms with van der Waals surface area (Å²) in [4.78, 5) is 0. The minimum absolute atomic E-state index is 0.201. The van der Waals surface area contributed by atoms with Gasteiger partial charge in [0.05, 0.1) is 7.14 Å². The van der Waals surface area contributed by atoms with Crippen molar-refractivity contribution in [2.45, 2.75) is 0 Å². The average molecular weight is 520 g/mol. The summed E-state index contributed by atoms with van der Waals surface area (Å²) in [7, 11) is 0. The Balaban J connectivity index is 3.10. The standard InChI is InChI=1S/C7H4ClI3O/c8-3-12-7-5(10)1-4(9)2-6(7)11/h1-2H,3H2. The smallest absolute Gasteiger partial charge is 0.162 e. The molecular formula is C7H4ClI3O. The van der Waals surface area contributed by atoms with Crippen LogP contribution in [-0.2, 0) is 0 Å². The highest BCUT2D eigenvalue weighted by Gasteiger charge is 2.06. The van der Waals surface area contributed by atoms with Gasteiger partial charge >= 0.3 is 0 Å². The average Bonchev–Trinajstić information content (AvgIpc) is 1.96. The van der Waals surface area contributed by atoms with Gasteiger partial charge in [0, 0.05) is 3.57 Å². The van der Waals surface area contributed by atoms with E-state index in [1.54, 1.807) is 0 Å². The van der Waals surface area contributed by atoms with Crippen LogP contribution in [0.15, 0.2) is 12.1 Å². The topological polar surface area (TPSA) is 9.23 Å². The van der Waals surface area contributed by atoms with Gasteiger partial charge in [0.15, 0.2) is 6.07 Å². The molecular weight excluding hydrogens is 516 g/mol. The maximum absolute atomic E-state index is 5.49. The minimum atomic E-state index is 0.201. The summed E-state index contributed by atoms with van der Waals surface area (Å²) in [5, 5.41) is 0. The Morgan fingerprint density at radius 3 is 2.08 bits per heavy atom. The summed E-state index contributed by atoms with van der Waals surface area (Å²) in [5.41, 5.74) is 0. The fourth-order valence-corrected chi connectivity index (χ4v) is 4.72. The quantitative estimate of drug-likeness (QED) is 0.422. The molecule has 0 aliphatic rings. The Labute approximate surface area is 117 Å². The van der Waals surface area contributed by atoms with Crippen LogP contribution in [0, 0.1) is 10.7 Å². The molecule has 1 rings (SSSR count). The van der Waals surface area contributed by atoms with Crippen molar-refractivity contribution in [1.29, 1.82) is 0 Å². The normalized spacial score (nSPS) is 10.0. The summed E-state index contributed by atoms with van der Waals surface area (Å²) >= 11 is 12.3. The van der Waals surface area contributed by atoms with Crippen molar-refractivity contribution in [3.8, 4) is 5.75 Å². The number of ether oxygens (including phenoxy) is 1. The third kappa shape index (κ3) is 3.02. The molecule has 12 heavy (non-hydrogen) atoms. The Morgan fingerprint density at radius 1 is 1.17 bits per heavy atom. The van der Waals surface area contributed by atoms with E-state index in [1.165, 1.54) is 3.57 Å². The first-order chi connectivity index (χ1) is 5.65. The lowest BCUT2D eigenvalue weighted by molar-refractivity contribution is 0.382. The van der Waals surface area contributed by atoms with Crippen LogP contribution in [0.5, 0.6) is 5.75 Å². The van der Waals surface area contributed by atoms with E-state index in [4.69, 9.17) is 16.3 Å². The van der Waals surface area contributed by atoms with Crippen molar-refractivity contribution in [3.05, 3.63) is 22.8 Å². The van der Waals surface area contributed by atoms with Gasteiger partial charge in [-0.05, 0) is 79.9 Å². The molecule has 0 fully saturated rings. The largest absolute Gasteiger partial charge is 0.476 e. The van der Waals surface area contributed by atoms with Gasteiger partial charge in [-0.3, -0.25) is 0 Å². The fourth-order valence-electron chi connectivity index (χ4n) is 0.721. The second kappa shape index (κ2) is 5.40. The highest BCUT2D eigenvalue weighted by atomic mass is 127. The third-order valence-electron chi connectivity index (χ3n) is 1.16. The molecule has 0 N–H and O–H groups in total. The van der Waals surface area contributed by atoms with Crippen LogP contribution in [0.4, 0.5) is 0 Å². The first kappa shape index (κ1) is 11.6. The molecule has 0 bridgehead atoms. The van der Waals surface area contributed by atoms with Crippen LogP contribution in [0.2, 0.25) is 0 Å². The van der Waals surface area contributed by atoms with Crippen molar-refractivity contribution in [3.63, 3.8) is 0 Å². The number of alkyl halides is 1. The van der Waals surface area contributed by atoms with Crippen LogP contribution in [0.3, 0.4) is 0 Å². The van der Waals surface area contributed by atoms with Gasteiger partial charge in [-0.1, -0.05) is 11.6 Å². The maximum atomic E-state index is 5.49. The van der Waals surface area contributed by atoms with E-state index in [0.29, 0.717) is 0 Å². The minimum Gasteiger partial charge on any atom is -0.476 e. The molecule has 0 spiro atoms. The van der Waals surface area contributed by atoms with Gasteiger partial charge in [-0.2, -0.15) is 0 Å². The van der Waals surface area contributed by atoms with Crippen LogP contribution in [0.25, 0.3) is 0 Å².